The summed E-state index contributed by atoms with van der Waals surface area (Å²) in [5.74, 6) is 0.418. The fraction of sp³-hybridized carbons (Fsp3) is 0.667. The van der Waals surface area contributed by atoms with E-state index in [0.717, 1.165) is 18.4 Å². The molecule has 1 saturated carbocycles. The van der Waals surface area contributed by atoms with Crippen LogP contribution in [0.25, 0.3) is 0 Å². The molecule has 1 aromatic carbocycles. The third kappa shape index (κ3) is 3.20. The second-order valence-corrected chi connectivity index (χ2v) is 7.31. The van der Waals surface area contributed by atoms with Crippen LogP contribution in [0.4, 0.5) is 0 Å². The molecule has 1 atom stereocenters. The van der Waals surface area contributed by atoms with Gasteiger partial charge in [-0.15, -0.1) is 0 Å². The summed E-state index contributed by atoms with van der Waals surface area (Å²) in [6.45, 7) is 8.67. The van der Waals surface area contributed by atoms with E-state index in [-0.39, 0.29) is 5.41 Å². The van der Waals surface area contributed by atoms with Crippen molar-refractivity contribution in [3.8, 4) is 0 Å². The zero-order valence-corrected chi connectivity index (χ0v) is 12.9. The van der Waals surface area contributed by atoms with Crippen LogP contribution in [0.5, 0.6) is 0 Å². The molecule has 2 rings (SSSR count). The summed E-state index contributed by atoms with van der Waals surface area (Å²) in [5, 5.41) is 10.9. The van der Waals surface area contributed by atoms with Crippen LogP contribution < -0.4 is 0 Å². The van der Waals surface area contributed by atoms with Gasteiger partial charge in [-0.2, -0.15) is 0 Å². The molecule has 0 spiro atoms. The molecule has 1 nitrogen and oxygen atoms in total. The van der Waals surface area contributed by atoms with E-state index in [1.807, 2.05) is 6.92 Å². The highest BCUT2D eigenvalue weighted by Crippen LogP contribution is 2.39. The Balaban J connectivity index is 2.20. The van der Waals surface area contributed by atoms with Gasteiger partial charge in [0.05, 0.1) is 5.60 Å². The van der Waals surface area contributed by atoms with E-state index in [1.54, 1.807) is 0 Å². The van der Waals surface area contributed by atoms with Crippen LogP contribution in [0, 0.1) is 5.92 Å². The Morgan fingerprint density at radius 2 is 1.32 bits per heavy atom. The molecule has 1 aliphatic rings. The molecule has 1 unspecified atom stereocenters. The maximum Gasteiger partial charge on any atom is 0.0896 e. The van der Waals surface area contributed by atoms with Crippen LogP contribution in [-0.2, 0) is 11.0 Å². The zero-order chi connectivity index (χ0) is 14.1. The minimum absolute atomic E-state index is 0.176. The summed E-state index contributed by atoms with van der Waals surface area (Å²) in [6, 6.07) is 8.59. The summed E-state index contributed by atoms with van der Waals surface area (Å²) >= 11 is 0. The van der Waals surface area contributed by atoms with E-state index in [1.165, 1.54) is 24.8 Å². The van der Waals surface area contributed by atoms with Crippen LogP contribution >= 0.6 is 0 Å². The molecule has 0 radical (unpaired) electrons. The highest BCUT2D eigenvalue weighted by atomic mass is 16.3. The quantitative estimate of drug-likeness (QED) is 0.812. The number of hydrogen-bond donors (Lipinski definition) is 1. The number of rotatable bonds is 2. The van der Waals surface area contributed by atoms with Gasteiger partial charge < -0.3 is 5.11 Å². The minimum Gasteiger partial charge on any atom is -0.385 e. The summed E-state index contributed by atoms with van der Waals surface area (Å²) in [5.41, 5.74) is 1.91. The van der Waals surface area contributed by atoms with Gasteiger partial charge >= 0.3 is 0 Å². The van der Waals surface area contributed by atoms with E-state index in [9.17, 15) is 5.11 Å². The van der Waals surface area contributed by atoms with Gasteiger partial charge in [0.25, 0.3) is 0 Å². The smallest absolute Gasteiger partial charge is 0.0896 e. The summed E-state index contributed by atoms with van der Waals surface area (Å²) in [6.07, 6.45) is 6.18. The van der Waals surface area contributed by atoms with Crippen molar-refractivity contribution >= 4 is 0 Å². The maximum atomic E-state index is 10.9. The molecule has 1 aromatic rings. The number of benzene rings is 1. The van der Waals surface area contributed by atoms with Gasteiger partial charge in [-0.1, -0.05) is 64.3 Å². The van der Waals surface area contributed by atoms with Crippen molar-refractivity contribution < 1.29 is 5.11 Å². The Morgan fingerprint density at radius 1 is 0.842 bits per heavy atom. The van der Waals surface area contributed by atoms with Gasteiger partial charge in [0.1, 0.15) is 0 Å². The Morgan fingerprint density at radius 3 is 1.79 bits per heavy atom. The molecular weight excluding hydrogens is 232 g/mol. The second-order valence-electron chi connectivity index (χ2n) is 7.31. The molecule has 0 aromatic heterocycles. The Bertz CT molecular complexity index is 402. The molecule has 1 N–H and O–H groups in total. The topological polar surface area (TPSA) is 20.2 Å². The lowest BCUT2D eigenvalue weighted by molar-refractivity contribution is -0.0215. The van der Waals surface area contributed by atoms with Crippen molar-refractivity contribution in [1.82, 2.24) is 0 Å². The minimum atomic E-state index is -0.670. The van der Waals surface area contributed by atoms with Gasteiger partial charge in [-0.05, 0) is 42.2 Å². The molecular formula is C18H28O. The van der Waals surface area contributed by atoms with Crippen LogP contribution in [0.3, 0.4) is 0 Å². The van der Waals surface area contributed by atoms with Crippen LogP contribution in [0.2, 0.25) is 0 Å². The van der Waals surface area contributed by atoms with Crippen molar-refractivity contribution in [3.63, 3.8) is 0 Å². The lowest BCUT2D eigenvalue weighted by Gasteiger charge is -2.36. The highest BCUT2D eigenvalue weighted by Gasteiger charge is 2.34. The zero-order valence-electron chi connectivity index (χ0n) is 12.9. The van der Waals surface area contributed by atoms with E-state index in [0.29, 0.717) is 5.92 Å². The van der Waals surface area contributed by atoms with Gasteiger partial charge in [0.2, 0.25) is 0 Å². The predicted octanol–water partition coefficient (Wildman–Crippen LogP) is 4.77. The van der Waals surface area contributed by atoms with Crippen molar-refractivity contribution in [2.45, 2.75) is 70.8 Å². The molecule has 1 aliphatic carbocycles. The molecule has 0 amide bonds. The standard InChI is InChI=1S/C18H28O/c1-17(2,3)14-10-12-16(13-11-14)18(4,19)15-8-6-5-7-9-15/h10-13,15,19H,5-9H2,1-4H3. The second kappa shape index (κ2) is 5.28. The Kier molecular flexibility index (Phi) is 4.06. The molecule has 1 fully saturated rings. The molecule has 0 bridgehead atoms. The van der Waals surface area contributed by atoms with Gasteiger partial charge in [0.15, 0.2) is 0 Å². The summed E-state index contributed by atoms with van der Waals surface area (Å²) < 4.78 is 0. The Labute approximate surface area is 118 Å². The average molecular weight is 260 g/mol. The first-order valence-corrected chi connectivity index (χ1v) is 7.65. The van der Waals surface area contributed by atoms with E-state index in [2.05, 4.69) is 45.0 Å². The molecule has 0 aliphatic heterocycles. The SMILES string of the molecule is CC(C)(C)c1ccc(C(C)(O)C2CCCCC2)cc1. The lowest BCUT2D eigenvalue weighted by Crippen LogP contribution is -2.33. The van der Waals surface area contributed by atoms with E-state index in [4.69, 9.17) is 0 Å². The first-order valence-electron chi connectivity index (χ1n) is 7.65. The summed E-state index contributed by atoms with van der Waals surface area (Å²) in [4.78, 5) is 0. The molecule has 19 heavy (non-hydrogen) atoms. The number of hydrogen-bond acceptors (Lipinski definition) is 1. The maximum absolute atomic E-state index is 10.9. The first-order chi connectivity index (χ1) is 8.82. The van der Waals surface area contributed by atoms with Crippen LogP contribution in [0.15, 0.2) is 24.3 Å². The monoisotopic (exact) mass is 260 g/mol. The van der Waals surface area contributed by atoms with Crippen LogP contribution in [-0.4, -0.2) is 5.11 Å². The molecule has 1 heteroatoms. The average Bonchev–Trinajstić information content (AvgIpc) is 2.39. The largest absolute Gasteiger partial charge is 0.385 e. The summed E-state index contributed by atoms with van der Waals surface area (Å²) in [7, 11) is 0. The van der Waals surface area contributed by atoms with Crippen molar-refractivity contribution in [3.05, 3.63) is 35.4 Å². The fourth-order valence-electron chi connectivity index (χ4n) is 3.21. The van der Waals surface area contributed by atoms with Crippen molar-refractivity contribution in [2.24, 2.45) is 5.92 Å². The van der Waals surface area contributed by atoms with E-state index < -0.39 is 5.60 Å². The highest BCUT2D eigenvalue weighted by molar-refractivity contribution is 5.31. The normalized spacial score (nSPS) is 21.1. The fourth-order valence-corrected chi connectivity index (χ4v) is 3.21. The molecule has 0 saturated heterocycles. The van der Waals surface area contributed by atoms with Gasteiger partial charge in [0, 0.05) is 0 Å². The predicted molar refractivity (Wildman–Crippen MR) is 81.3 cm³/mol. The number of aliphatic hydroxyl groups is 1. The van der Waals surface area contributed by atoms with Crippen molar-refractivity contribution in [2.75, 3.05) is 0 Å². The van der Waals surface area contributed by atoms with E-state index >= 15 is 0 Å². The van der Waals surface area contributed by atoms with Crippen molar-refractivity contribution in [1.29, 1.82) is 0 Å². The van der Waals surface area contributed by atoms with Crippen LogP contribution in [0.1, 0.15) is 70.9 Å². The third-order valence-electron chi connectivity index (χ3n) is 4.74. The third-order valence-corrected chi connectivity index (χ3v) is 4.74. The van der Waals surface area contributed by atoms with Gasteiger partial charge in [-0.25, -0.2) is 0 Å². The first kappa shape index (κ1) is 14.6. The lowest BCUT2D eigenvalue weighted by atomic mass is 9.74. The molecule has 0 heterocycles. The van der Waals surface area contributed by atoms with Gasteiger partial charge in [-0.3, -0.25) is 0 Å². The molecule has 106 valence electrons. The Hall–Kier alpha value is -0.820.